The highest BCUT2D eigenvalue weighted by Gasteiger charge is 2.25. The first-order valence-corrected chi connectivity index (χ1v) is 9.39. The molecule has 1 heterocycles. The van der Waals surface area contributed by atoms with Crippen molar-refractivity contribution in [2.24, 2.45) is 0 Å². The van der Waals surface area contributed by atoms with E-state index in [9.17, 15) is 4.79 Å². The van der Waals surface area contributed by atoms with E-state index in [-0.39, 0.29) is 18.2 Å². The Morgan fingerprint density at radius 3 is 2.04 bits per heavy atom. The zero-order valence-electron chi connectivity index (χ0n) is 15.3. The summed E-state index contributed by atoms with van der Waals surface area (Å²) >= 11 is 0. The third-order valence-electron chi connectivity index (χ3n) is 4.73. The summed E-state index contributed by atoms with van der Waals surface area (Å²) in [5.41, 5.74) is 2.35. The van der Waals surface area contributed by atoms with Crippen LogP contribution in [0.4, 0.5) is 0 Å². The lowest BCUT2D eigenvalue weighted by atomic mass is 10.00. The Kier molecular flexibility index (Phi) is 6.81. The van der Waals surface area contributed by atoms with Gasteiger partial charge in [0.15, 0.2) is 0 Å². The maximum atomic E-state index is 11.6. The van der Waals surface area contributed by atoms with Crippen molar-refractivity contribution in [1.29, 1.82) is 0 Å². The summed E-state index contributed by atoms with van der Waals surface area (Å²) in [7, 11) is 0. The molecule has 0 N–H and O–H groups in total. The number of hydrogen-bond donors (Lipinski definition) is 0. The van der Waals surface area contributed by atoms with Crippen LogP contribution in [0.2, 0.25) is 0 Å². The van der Waals surface area contributed by atoms with Gasteiger partial charge < -0.3 is 9.47 Å². The van der Waals surface area contributed by atoms with Crippen molar-refractivity contribution in [3.05, 3.63) is 71.8 Å². The van der Waals surface area contributed by atoms with Crippen LogP contribution < -0.4 is 0 Å². The van der Waals surface area contributed by atoms with Gasteiger partial charge in [0.1, 0.15) is 6.10 Å². The first-order valence-electron chi connectivity index (χ1n) is 9.39. The Morgan fingerprint density at radius 2 is 1.54 bits per heavy atom. The molecule has 0 atom stereocenters. The molecular weight excluding hydrogens is 326 g/mol. The molecular formula is C22H27NO3. The van der Waals surface area contributed by atoms with Crippen molar-refractivity contribution in [3.63, 3.8) is 0 Å². The third kappa shape index (κ3) is 5.16. The van der Waals surface area contributed by atoms with Crippen LogP contribution in [-0.2, 0) is 14.3 Å². The van der Waals surface area contributed by atoms with Gasteiger partial charge in [-0.25, -0.2) is 0 Å². The van der Waals surface area contributed by atoms with Gasteiger partial charge in [-0.1, -0.05) is 60.7 Å². The number of ether oxygens (including phenoxy) is 2. The van der Waals surface area contributed by atoms with Gasteiger partial charge in [-0.3, -0.25) is 9.69 Å². The lowest BCUT2D eigenvalue weighted by molar-refractivity contribution is -0.145. The maximum absolute atomic E-state index is 11.6. The molecule has 2 aromatic carbocycles. The summed E-state index contributed by atoms with van der Waals surface area (Å²) in [5, 5.41) is 0. The highest BCUT2D eigenvalue weighted by molar-refractivity contribution is 5.71. The van der Waals surface area contributed by atoms with E-state index in [2.05, 4.69) is 53.4 Å². The molecule has 0 unspecified atom stereocenters. The highest BCUT2D eigenvalue weighted by atomic mass is 16.5. The van der Waals surface area contributed by atoms with E-state index < -0.39 is 0 Å². The van der Waals surface area contributed by atoms with Crippen molar-refractivity contribution in [3.8, 4) is 0 Å². The van der Waals surface area contributed by atoms with Gasteiger partial charge in [-0.05, 0) is 30.9 Å². The van der Waals surface area contributed by atoms with Crippen LogP contribution >= 0.6 is 0 Å². The van der Waals surface area contributed by atoms with Crippen LogP contribution in [0.3, 0.4) is 0 Å². The number of hydrogen-bond acceptors (Lipinski definition) is 4. The number of carbonyl (C=O) groups is 1. The second-order valence-electron chi connectivity index (χ2n) is 6.62. The van der Waals surface area contributed by atoms with Crippen LogP contribution in [0.1, 0.15) is 37.0 Å². The molecule has 0 spiro atoms. The summed E-state index contributed by atoms with van der Waals surface area (Å²) in [6.45, 7) is 4.38. The number of nitrogens with zero attached hydrogens (tertiary/aromatic N) is 1. The van der Waals surface area contributed by atoms with Crippen molar-refractivity contribution in [2.75, 3.05) is 26.2 Å². The summed E-state index contributed by atoms with van der Waals surface area (Å²) in [5.74, 6) is -0.140. The molecule has 3 rings (SSSR count). The van der Waals surface area contributed by atoms with Gasteiger partial charge in [0.25, 0.3) is 0 Å². The molecule has 0 radical (unpaired) electrons. The lowest BCUT2D eigenvalue weighted by Crippen LogP contribution is -2.40. The average molecular weight is 353 g/mol. The van der Waals surface area contributed by atoms with Crippen LogP contribution in [0.15, 0.2) is 60.7 Å². The molecule has 4 heteroatoms. The summed E-state index contributed by atoms with van der Waals surface area (Å²) in [6, 6.07) is 20.7. The number of rotatable bonds is 7. The second-order valence-corrected chi connectivity index (χ2v) is 6.62. The SMILES string of the molecule is CCOC(=O)CN1CCC(OC(c2ccccc2)c2ccccc2)CC1. The minimum absolute atomic E-state index is 0.0565. The molecule has 4 nitrogen and oxygen atoms in total. The van der Waals surface area contributed by atoms with Crippen molar-refractivity contribution in [1.82, 2.24) is 4.90 Å². The normalized spacial score (nSPS) is 15.9. The maximum Gasteiger partial charge on any atom is 0.320 e. The van der Waals surface area contributed by atoms with E-state index in [1.165, 1.54) is 11.1 Å². The molecule has 26 heavy (non-hydrogen) atoms. The number of piperidine rings is 1. The molecule has 138 valence electrons. The number of esters is 1. The molecule has 2 aromatic rings. The Hall–Kier alpha value is -2.17. The van der Waals surface area contributed by atoms with Crippen LogP contribution in [0, 0.1) is 0 Å². The largest absolute Gasteiger partial charge is 0.465 e. The van der Waals surface area contributed by atoms with E-state index in [0.29, 0.717) is 13.2 Å². The fourth-order valence-corrected chi connectivity index (χ4v) is 3.39. The monoisotopic (exact) mass is 353 g/mol. The van der Waals surface area contributed by atoms with Crippen LogP contribution in [0.5, 0.6) is 0 Å². The van der Waals surface area contributed by atoms with Crippen LogP contribution in [0.25, 0.3) is 0 Å². The zero-order valence-corrected chi connectivity index (χ0v) is 15.3. The van der Waals surface area contributed by atoms with E-state index in [1.807, 2.05) is 19.1 Å². The third-order valence-corrected chi connectivity index (χ3v) is 4.73. The summed E-state index contributed by atoms with van der Waals surface area (Å²) < 4.78 is 11.6. The topological polar surface area (TPSA) is 38.8 Å². The Labute approximate surface area is 155 Å². The molecule has 1 aliphatic rings. The summed E-state index contributed by atoms with van der Waals surface area (Å²) in [6.07, 6.45) is 1.99. The standard InChI is InChI=1S/C22H27NO3/c1-2-25-21(24)17-23-15-13-20(14-16-23)26-22(18-9-5-3-6-10-18)19-11-7-4-8-12-19/h3-12,20,22H,2,13-17H2,1H3. The number of carbonyl (C=O) groups excluding carboxylic acids is 1. The van der Waals surface area contributed by atoms with Crippen molar-refractivity contribution in [2.45, 2.75) is 32.0 Å². The summed E-state index contributed by atoms with van der Waals surface area (Å²) in [4.78, 5) is 13.8. The van der Waals surface area contributed by atoms with Crippen LogP contribution in [-0.4, -0.2) is 43.2 Å². The predicted octanol–water partition coefficient (Wildman–Crippen LogP) is 3.82. The Morgan fingerprint density at radius 1 is 1.00 bits per heavy atom. The fraction of sp³-hybridized carbons (Fsp3) is 0.409. The van der Waals surface area contributed by atoms with Gasteiger partial charge in [0, 0.05) is 13.1 Å². The first kappa shape index (κ1) is 18.6. The second kappa shape index (κ2) is 9.51. The van der Waals surface area contributed by atoms with Crippen molar-refractivity contribution < 1.29 is 14.3 Å². The smallest absolute Gasteiger partial charge is 0.320 e. The molecule has 1 fully saturated rings. The van der Waals surface area contributed by atoms with Crippen molar-refractivity contribution >= 4 is 5.97 Å². The molecule has 0 amide bonds. The lowest BCUT2D eigenvalue weighted by Gasteiger charge is -2.33. The van der Waals surface area contributed by atoms with E-state index in [0.717, 1.165) is 25.9 Å². The molecule has 0 aromatic heterocycles. The molecule has 1 saturated heterocycles. The fourth-order valence-electron chi connectivity index (χ4n) is 3.39. The van der Waals surface area contributed by atoms with Gasteiger partial charge in [-0.15, -0.1) is 0 Å². The molecule has 0 saturated carbocycles. The number of likely N-dealkylation sites (tertiary alicyclic amines) is 1. The van der Waals surface area contributed by atoms with Gasteiger partial charge >= 0.3 is 5.97 Å². The highest BCUT2D eigenvalue weighted by Crippen LogP contribution is 2.29. The van der Waals surface area contributed by atoms with Gasteiger partial charge in [0.05, 0.1) is 19.3 Å². The van der Waals surface area contributed by atoms with E-state index in [4.69, 9.17) is 9.47 Å². The predicted molar refractivity (Wildman–Crippen MR) is 102 cm³/mol. The van der Waals surface area contributed by atoms with Gasteiger partial charge in [0.2, 0.25) is 0 Å². The Bertz CT molecular complexity index is 627. The minimum atomic E-state index is -0.140. The first-order chi connectivity index (χ1) is 12.8. The van der Waals surface area contributed by atoms with E-state index in [1.54, 1.807) is 0 Å². The van der Waals surface area contributed by atoms with E-state index >= 15 is 0 Å². The minimum Gasteiger partial charge on any atom is -0.465 e. The zero-order chi connectivity index (χ0) is 18.2. The number of benzene rings is 2. The quantitative estimate of drug-likeness (QED) is 0.710. The molecule has 0 bridgehead atoms. The molecule has 1 aliphatic heterocycles. The average Bonchev–Trinajstić information content (AvgIpc) is 2.69. The Balaban J connectivity index is 1.61. The van der Waals surface area contributed by atoms with Gasteiger partial charge in [-0.2, -0.15) is 0 Å². The molecule has 0 aliphatic carbocycles.